The fourth-order valence-corrected chi connectivity index (χ4v) is 4.96. The Morgan fingerprint density at radius 2 is 1.44 bits per heavy atom. The van der Waals surface area contributed by atoms with Gasteiger partial charge in [-0.15, -0.1) is 0 Å². The molecule has 0 aliphatic carbocycles. The molecule has 0 aromatic heterocycles. The number of rotatable bonds is 19. The summed E-state index contributed by atoms with van der Waals surface area (Å²) in [4.78, 5) is 23.5. The van der Waals surface area contributed by atoms with Crippen molar-refractivity contribution in [3.05, 3.63) is 41.0 Å². The van der Waals surface area contributed by atoms with E-state index >= 15 is 0 Å². The van der Waals surface area contributed by atoms with E-state index in [2.05, 4.69) is 54.5 Å². The number of phenolic OH excluding ortho intramolecular Hbond substituents is 1. The van der Waals surface area contributed by atoms with Crippen molar-refractivity contribution in [2.24, 2.45) is 0 Å². The molecule has 1 aromatic rings. The van der Waals surface area contributed by atoms with Crippen LogP contribution in [-0.4, -0.2) is 39.5 Å². The number of hydrogen-bond donors (Lipinski definition) is 3. The number of hydrogen-bond acceptors (Lipinski definition) is 5. The maximum Gasteiger partial charge on any atom is 0.306 e. The van der Waals surface area contributed by atoms with Gasteiger partial charge < -0.3 is 20.1 Å². The van der Waals surface area contributed by atoms with E-state index in [0.717, 1.165) is 74.5 Å². The van der Waals surface area contributed by atoms with Crippen LogP contribution in [0, 0.1) is 0 Å². The Kier molecular flexibility index (Phi) is 16.3. The second-order valence-corrected chi connectivity index (χ2v) is 13.5. The summed E-state index contributed by atoms with van der Waals surface area (Å²) in [6.07, 6.45) is 13.6. The van der Waals surface area contributed by atoms with E-state index < -0.39 is 18.2 Å². The zero-order chi connectivity index (χ0) is 31.1. The van der Waals surface area contributed by atoms with Crippen molar-refractivity contribution in [1.29, 1.82) is 0 Å². The lowest BCUT2D eigenvalue weighted by atomic mass is 9.78. The van der Waals surface area contributed by atoms with Crippen LogP contribution in [0.1, 0.15) is 149 Å². The van der Waals surface area contributed by atoms with Gasteiger partial charge in [0.2, 0.25) is 0 Å². The number of aliphatic hydroxyl groups is 1. The summed E-state index contributed by atoms with van der Waals surface area (Å²) in [7, 11) is 0. The summed E-state index contributed by atoms with van der Waals surface area (Å²) < 4.78 is 5.84. The number of esters is 1. The first kappa shape index (κ1) is 36.7. The minimum Gasteiger partial charge on any atom is -0.507 e. The Morgan fingerprint density at radius 1 is 0.854 bits per heavy atom. The summed E-state index contributed by atoms with van der Waals surface area (Å²) >= 11 is 0. The molecule has 0 fully saturated rings. The molecule has 0 saturated carbocycles. The molecule has 234 valence electrons. The highest BCUT2D eigenvalue weighted by molar-refractivity contribution is 5.70. The number of phenols is 1. The molecular formula is C35H58O6. The van der Waals surface area contributed by atoms with Gasteiger partial charge in [0.1, 0.15) is 11.9 Å². The molecule has 0 aliphatic rings. The van der Waals surface area contributed by atoms with Crippen molar-refractivity contribution >= 4 is 11.9 Å². The zero-order valence-corrected chi connectivity index (χ0v) is 26.9. The quantitative estimate of drug-likeness (QED) is 0.0869. The van der Waals surface area contributed by atoms with E-state index in [9.17, 15) is 19.8 Å². The van der Waals surface area contributed by atoms with Crippen molar-refractivity contribution < 1.29 is 29.6 Å². The molecule has 2 atom stereocenters. The van der Waals surface area contributed by atoms with Crippen LogP contribution in [0.15, 0.2) is 24.3 Å². The number of aromatic hydroxyl groups is 1. The Hall–Kier alpha value is -2.34. The molecule has 0 bridgehead atoms. The first-order valence-electron chi connectivity index (χ1n) is 15.8. The molecule has 0 spiro atoms. The van der Waals surface area contributed by atoms with Gasteiger partial charge in [0, 0.05) is 12.8 Å². The largest absolute Gasteiger partial charge is 0.507 e. The summed E-state index contributed by atoms with van der Waals surface area (Å²) in [6, 6.07) is 4.01. The SMILES string of the molecule is CCCCCC(OC(=O)CCc1cc(C(C)(C)C)c(O)c(C(C)(C)C)c1)C(O)CC=CCCCCCCCC(=O)O. The van der Waals surface area contributed by atoms with Gasteiger partial charge in [0.05, 0.1) is 6.10 Å². The van der Waals surface area contributed by atoms with Gasteiger partial charge in [0.25, 0.3) is 0 Å². The molecule has 0 heterocycles. The lowest BCUT2D eigenvalue weighted by Crippen LogP contribution is -2.31. The summed E-state index contributed by atoms with van der Waals surface area (Å²) in [5, 5.41) is 30.5. The predicted molar refractivity (Wildman–Crippen MR) is 168 cm³/mol. The number of ether oxygens (including phenoxy) is 1. The van der Waals surface area contributed by atoms with E-state index in [1.165, 1.54) is 0 Å². The Bertz CT molecular complexity index is 915. The van der Waals surface area contributed by atoms with Gasteiger partial charge in [-0.25, -0.2) is 0 Å². The number of carboxylic acid groups (broad SMARTS) is 1. The van der Waals surface area contributed by atoms with Crippen LogP contribution in [-0.2, 0) is 31.6 Å². The number of aliphatic hydroxyl groups excluding tert-OH is 1. The molecule has 6 heteroatoms. The first-order chi connectivity index (χ1) is 19.2. The van der Waals surface area contributed by atoms with Crippen LogP contribution < -0.4 is 0 Å². The van der Waals surface area contributed by atoms with Crippen molar-refractivity contribution in [1.82, 2.24) is 0 Å². The molecule has 3 N–H and O–H groups in total. The van der Waals surface area contributed by atoms with E-state index in [0.29, 0.717) is 25.0 Å². The number of carbonyl (C=O) groups excluding carboxylic acids is 1. The second kappa shape index (κ2) is 18.3. The van der Waals surface area contributed by atoms with Gasteiger partial charge in [-0.1, -0.05) is 105 Å². The van der Waals surface area contributed by atoms with Crippen LogP contribution >= 0.6 is 0 Å². The third-order valence-electron chi connectivity index (χ3n) is 7.51. The van der Waals surface area contributed by atoms with Crippen LogP contribution in [0.5, 0.6) is 5.75 Å². The minimum absolute atomic E-state index is 0.219. The van der Waals surface area contributed by atoms with Gasteiger partial charge >= 0.3 is 11.9 Å². The summed E-state index contributed by atoms with van der Waals surface area (Å²) in [6.45, 7) is 14.6. The van der Waals surface area contributed by atoms with Gasteiger partial charge in [0.15, 0.2) is 0 Å². The average Bonchev–Trinajstić information content (AvgIpc) is 2.87. The standard InChI is InChI=1S/C35H58O6/c1-8-9-16-20-30(29(36)19-17-14-12-10-11-13-15-18-21-31(37)38)41-32(39)23-22-26-24-27(34(2,3)4)33(40)28(25-26)35(5,6)7/h14,17,24-25,29-30,36,40H,8-13,15-16,18-23H2,1-7H3,(H,37,38). The molecule has 6 nitrogen and oxygen atoms in total. The highest BCUT2D eigenvalue weighted by Crippen LogP contribution is 2.40. The fourth-order valence-electron chi connectivity index (χ4n) is 4.96. The highest BCUT2D eigenvalue weighted by atomic mass is 16.6. The van der Waals surface area contributed by atoms with Crippen LogP contribution in [0.3, 0.4) is 0 Å². The van der Waals surface area contributed by atoms with Gasteiger partial charge in [-0.05, 0) is 72.5 Å². The van der Waals surface area contributed by atoms with Crippen LogP contribution in [0.25, 0.3) is 0 Å². The normalized spacial score (nSPS) is 13.9. The molecule has 0 aliphatic heterocycles. The number of carbonyl (C=O) groups is 2. The summed E-state index contributed by atoms with van der Waals surface area (Å²) in [5.74, 6) is -0.703. The fraction of sp³-hybridized carbons (Fsp3) is 0.714. The lowest BCUT2D eigenvalue weighted by Gasteiger charge is -2.28. The number of unbranched alkanes of at least 4 members (excludes halogenated alkanes) is 7. The molecule has 2 unspecified atom stereocenters. The second-order valence-electron chi connectivity index (χ2n) is 13.5. The Labute approximate surface area is 249 Å². The van der Waals surface area contributed by atoms with E-state index in [4.69, 9.17) is 9.84 Å². The Balaban J connectivity index is 2.70. The van der Waals surface area contributed by atoms with Crippen LogP contribution in [0.4, 0.5) is 0 Å². The van der Waals surface area contributed by atoms with E-state index in [1.807, 2.05) is 18.2 Å². The maximum atomic E-state index is 12.9. The first-order valence-corrected chi connectivity index (χ1v) is 15.8. The zero-order valence-electron chi connectivity index (χ0n) is 26.9. The van der Waals surface area contributed by atoms with Crippen molar-refractivity contribution in [3.63, 3.8) is 0 Å². The molecular weight excluding hydrogens is 516 g/mol. The summed E-state index contributed by atoms with van der Waals surface area (Å²) in [5.41, 5.74) is 2.30. The minimum atomic E-state index is -0.739. The number of aryl methyl sites for hydroxylation is 1. The Morgan fingerprint density at radius 3 is 2.00 bits per heavy atom. The molecule has 0 saturated heterocycles. The molecule has 0 radical (unpaired) electrons. The average molecular weight is 575 g/mol. The third-order valence-corrected chi connectivity index (χ3v) is 7.51. The topological polar surface area (TPSA) is 104 Å². The monoisotopic (exact) mass is 574 g/mol. The predicted octanol–water partition coefficient (Wildman–Crippen LogP) is 8.53. The number of allylic oxidation sites excluding steroid dienone is 1. The molecule has 41 heavy (non-hydrogen) atoms. The van der Waals surface area contributed by atoms with E-state index in [-0.39, 0.29) is 29.6 Å². The van der Waals surface area contributed by atoms with Gasteiger partial charge in [-0.2, -0.15) is 0 Å². The molecule has 0 amide bonds. The van der Waals surface area contributed by atoms with Gasteiger partial charge in [-0.3, -0.25) is 9.59 Å². The molecule has 1 rings (SSSR count). The van der Waals surface area contributed by atoms with Crippen molar-refractivity contribution in [2.75, 3.05) is 0 Å². The number of benzene rings is 1. The number of carboxylic acids is 1. The lowest BCUT2D eigenvalue weighted by molar-refractivity contribution is -0.155. The number of aliphatic carboxylic acids is 1. The van der Waals surface area contributed by atoms with Crippen LogP contribution in [0.2, 0.25) is 0 Å². The van der Waals surface area contributed by atoms with E-state index in [1.54, 1.807) is 0 Å². The smallest absolute Gasteiger partial charge is 0.306 e. The molecule has 1 aromatic carbocycles. The highest BCUT2D eigenvalue weighted by Gasteiger charge is 2.27. The maximum absolute atomic E-state index is 12.9. The van der Waals surface area contributed by atoms with Crippen molar-refractivity contribution in [2.45, 2.75) is 161 Å². The van der Waals surface area contributed by atoms with Crippen molar-refractivity contribution in [3.8, 4) is 5.75 Å². The third kappa shape index (κ3) is 14.9.